The van der Waals surface area contributed by atoms with Gasteiger partial charge in [0.25, 0.3) is 0 Å². The second-order valence-electron chi connectivity index (χ2n) is 4.80. The monoisotopic (exact) mass is 331 g/mol. The summed E-state index contributed by atoms with van der Waals surface area (Å²) in [4.78, 5) is 7.84. The molecule has 118 valence electrons. The van der Waals surface area contributed by atoms with E-state index in [9.17, 15) is 10.2 Å². The second-order valence-corrected chi connectivity index (χ2v) is 5.14. The number of nitrogens with one attached hydrogen (secondary N) is 2. The number of hydrogen-bond donors (Lipinski definition) is 4. The number of aliphatic hydroxyl groups excluding tert-OH is 2. The van der Waals surface area contributed by atoms with E-state index in [2.05, 4.69) is 25.5 Å². The van der Waals surface area contributed by atoms with Crippen LogP contribution in [0.1, 0.15) is 11.1 Å². The zero-order valence-corrected chi connectivity index (χ0v) is 12.7. The van der Waals surface area contributed by atoms with E-state index in [0.29, 0.717) is 22.8 Å². The summed E-state index contributed by atoms with van der Waals surface area (Å²) in [6.45, 7) is -0.247. The van der Waals surface area contributed by atoms with E-state index in [1.54, 1.807) is 18.3 Å². The lowest BCUT2D eigenvalue weighted by Gasteiger charge is -2.06. The number of anilines is 2. The Balaban J connectivity index is 1.84. The third-order valence-electron chi connectivity index (χ3n) is 3.32. The summed E-state index contributed by atoms with van der Waals surface area (Å²) < 4.78 is 0. The van der Waals surface area contributed by atoms with Crippen molar-refractivity contribution in [3.63, 3.8) is 0 Å². The molecule has 0 atom stereocenters. The zero-order valence-electron chi connectivity index (χ0n) is 12.0. The summed E-state index contributed by atoms with van der Waals surface area (Å²) in [7, 11) is 0. The highest BCUT2D eigenvalue weighted by molar-refractivity contribution is 6.28. The van der Waals surface area contributed by atoms with Crippen molar-refractivity contribution in [1.82, 2.24) is 20.2 Å². The first-order valence-corrected chi connectivity index (χ1v) is 7.22. The minimum absolute atomic E-state index is 0.111. The average molecular weight is 332 g/mol. The van der Waals surface area contributed by atoms with E-state index in [4.69, 9.17) is 11.6 Å². The fourth-order valence-corrected chi connectivity index (χ4v) is 2.31. The molecular formula is C15H14ClN5O2. The molecule has 0 aliphatic heterocycles. The largest absolute Gasteiger partial charge is 0.392 e. The van der Waals surface area contributed by atoms with Gasteiger partial charge in [-0.05, 0) is 40.4 Å². The van der Waals surface area contributed by atoms with Crippen LogP contribution >= 0.6 is 11.6 Å². The summed E-state index contributed by atoms with van der Waals surface area (Å²) in [5.41, 5.74) is 3.00. The molecule has 4 N–H and O–H groups in total. The van der Waals surface area contributed by atoms with Crippen molar-refractivity contribution < 1.29 is 10.2 Å². The van der Waals surface area contributed by atoms with Crippen LogP contribution in [0, 0.1) is 0 Å². The fraction of sp³-hybridized carbons (Fsp3) is 0.133. The van der Waals surface area contributed by atoms with Gasteiger partial charge in [0.15, 0.2) is 5.82 Å². The van der Waals surface area contributed by atoms with Crippen molar-refractivity contribution in [2.45, 2.75) is 13.2 Å². The van der Waals surface area contributed by atoms with Crippen LogP contribution in [0.3, 0.4) is 0 Å². The van der Waals surface area contributed by atoms with Crippen LogP contribution < -0.4 is 5.32 Å². The molecule has 0 aliphatic rings. The number of aromatic amines is 1. The molecule has 0 amide bonds. The van der Waals surface area contributed by atoms with E-state index in [-0.39, 0.29) is 18.5 Å². The van der Waals surface area contributed by atoms with Gasteiger partial charge in [-0.25, -0.2) is 9.97 Å². The first-order chi connectivity index (χ1) is 11.2. The fourth-order valence-electron chi connectivity index (χ4n) is 2.16. The van der Waals surface area contributed by atoms with Gasteiger partial charge in [-0.15, -0.1) is 0 Å². The molecule has 3 rings (SSSR count). The lowest BCUT2D eigenvalue weighted by molar-refractivity contribution is 0.260. The van der Waals surface area contributed by atoms with Crippen LogP contribution in [0.25, 0.3) is 11.3 Å². The van der Waals surface area contributed by atoms with Gasteiger partial charge in [-0.3, -0.25) is 5.10 Å². The van der Waals surface area contributed by atoms with Crippen molar-refractivity contribution in [2.24, 2.45) is 0 Å². The van der Waals surface area contributed by atoms with Gasteiger partial charge in [0.2, 0.25) is 5.28 Å². The van der Waals surface area contributed by atoms with Gasteiger partial charge in [-0.2, -0.15) is 5.10 Å². The minimum atomic E-state index is -0.136. The summed E-state index contributed by atoms with van der Waals surface area (Å²) in [6, 6.07) is 8.93. The van der Waals surface area contributed by atoms with Gasteiger partial charge in [0.1, 0.15) is 5.82 Å². The number of aliphatic hydroxyl groups is 2. The van der Waals surface area contributed by atoms with Crippen molar-refractivity contribution >= 4 is 23.2 Å². The molecule has 2 heterocycles. The van der Waals surface area contributed by atoms with Crippen molar-refractivity contribution in [1.29, 1.82) is 0 Å². The topological polar surface area (TPSA) is 107 Å². The predicted octanol–water partition coefficient (Wildman–Crippen LogP) is 2.25. The van der Waals surface area contributed by atoms with E-state index in [0.717, 1.165) is 11.3 Å². The second kappa shape index (κ2) is 6.74. The molecule has 23 heavy (non-hydrogen) atoms. The lowest BCUT2D eigenvalue weighted by Crippen LogP contribution is -1.94. The number of hydrogen-bond acceptors (Lipinski definition) is 6. The Bertz CT molecular complexity index is 821. The molecule has 0 fully saturated rings. The molecule has 2 aromatic heterocycles. The normalized spacial score (nSPS) is 10.7. The Hall–Kier alpha value is -2.48. The Morgan fingerprint density at radius 2 is 1.87 bits per heavy atom. The van der Waals surface area contributed by atoms with Crippen LogP contribution in [0.2, 0.25) is 5.28 Å². The molecule has 0 saturated carbocycles. The smallest absolute Gasteiger partial charge is 0.224 e. The quantitative estimate of drug-likeness (QED) is 0.534. The summed E-state index contributed by atoms with van der Waals surface area (Å²) in [5.74, 6) is 1.11. The summed E-state index contributed by atoms with van der Waals surface area (Å²) >= 11 is 5.74. The maximum absolute atomic E-state index is 9.37. The number of halogens is 1. The van der Waals surface area contributed by atoms with Gasteiger partial charge < -0.3 is 15.5 Å². The number of H-pyrrole nitrogens is 1. The van der Waals surface area contributed by atoms with Gasteiger partial charge in [0.05, 0.1) is 18.9 Å². The third kappa shape index (κ3) is 3.48. The van der Waals surface area contributed by atoms with E-state index >= 15 is 0 Å². The number of rotatable bonds is 5. The Morgan fingerprint density at radius 3 is 2.61 bits per heavy atom. The molecular weight excluding hydrogens is 318 g/mol. The highest BCUT2D eigenvalue weighted by Crippen LogP contribution is 2.24. The van der Waals surface area contributed by atoms with Crippen LogP contribution in [0.5, 0.6) is 0 Å². The molecule has 0 saturated heterocycles. The summed E-state index contributed by atoms with van der Waals surface area (Å²) in [5, 5.41) is 28.9. The van der Waals surface area contributed by atoms with Gasteiger partial charge >= 0.3 is 0 Å². The molecule has 3 aromatic rings. The first kappa shape index (κ1) is 15.4. The molecule has 8 heteroatoms. The van der Waals surface area contributed by atoms with Gasteiger partial charge in [0, 0.05) is 12.3 Å². The molecule has 1 aromatic carbocycles. The zero-order chi connectivity index (χ0) is 16.2. The first-order valence-electron chi connectivity index (χ1n) is 6.84. The highest BCUT2D eigenvalue weighted by atomic mass is 35.5. The van der Waals surface area contributed by atoms with E-state index in [1.807, 2.05) is 18.2 Å². The van der Waals surface area contributed by atoms with E-state index < -0.39 is 0 Å². The van der Waals surface area contributed by atoms with Crippen molar-refractivity contribution in [3.05, 3.63) is 52.9 Å². The van der Waals surface area contributed by atoms with Crippen LogP contribution in [0.4, 0.5) is 11.6 Å². The van der Waals surface area contributed by atoms with E-state index in [1.165, 1.54) is 0 Å². The van der Waals surface area contributed by atoms with Crippen LogP contribution in [0.15, 0.2) is 36.5 Å². The molecule has 0 spiro atoms. The maximum Gasteiger partial charge on any atom is 0.224 e. The third-order valence-corrected chi connectivity index (χ3v) is 3.50. The van der Waals surface area contributed by atoms with Crippen LogP contribution in [-0.4, -0.2) is 30.4 Å². The predicted molar refractivity (Wildman–Crippen MR) is 86.2 cm³/mol. The van der Waals surface area contributed by atoms with Crippen molar-refractivity contribution in [2.75, 3.05) is 5.32 Å². The minimum Gasteiger partial charge on any atom is -0.392 e. The number of benzene rings is 1. The molecule has 0 radical (unpaired) electrons. The average Bonchev–Trinajstić information content (AvgIpc) is 3.02. The maximum atomic E-state index is 9.37. The summed E-state index contributed by atoms with van der Waals surface area (Å²) in [6.07, 6.45) is 1.55. The van der Waals surface area contributed by atoms with Gasteiger partial charge in [-0.1, -0.05) is 12.1 Å². The van der Waals surface area contributed by atoms with Crippen molar-refractivity contribution in [3.8, 4) is 11.3 Å². The highest BCUT2D eigenvalue weighted by Gasteiger charge is 2.08. The standard InChI is InChI=1S/C15H14ClN5O2/c16-15-17-4-3-13(19-15)18-14-6-12(20-21-14)9-1-2-10(7-22)11(5-9)8-23/h1-6,22-23H,7-8H2,(H2,17,18,19,20,21). The molecule has 7 nitrogen and oxygen atoms in total. The Labute approximate surface area is 137 Å². The van der Waals surface area contributed by atoms with Crippen LogP contribution in [-0.2, 0) is 13.2 Å². The Morgan fingerprint density at radius 1 is 1.04 bits per heavy atom. The number of aromatic nitrogens is 4. The lowest BCUT2D eigenvalue weighted by atomic mass is 10.0. The molecule has 0 bridgehead atoms. The number of nitrogens with zero attached hydrogens (tertiary/aromatic N) is 3. The molecule has 0 unspecified atom stereocenters. The molecule has 0 aliphatic carbocycles. The Kier molecular flexibility index (Phi) is 4.52. The SMILES string of the molecule is OCc1ccc(-c2cc(Nc3ccnc(Cl)n3)n[nH]2)cc1CO.